The number of hydrogen-bond acceptors (Lipinski definition) is 4. The Morgan fingerprint density at radius 1 is 1.29 bits per heavy atom. The lowest BCUT2D eigenvalue weighted by atomic mass is 9.79. The summed E-state index contributed by atoms with van der Waals surface area (Å²) in [5.74, 6) is -0.915. The number of aromatic nitrogens is 1. The van der Waals surface area contributed by atoms with Crippen LogP contribution in [0.5, 0.6) is 0 Å². The topological polar surface area (TPSA) is 83.6 Å². The van der Waals surface area contributed by atoms with Crippen molar-refractivity contribution < 1.29 is 19.2 Å². The number of benzene rings is 1. The first-order valence-electron chi connectivity index (χ1n) is 7.35. The average molecular weight is 351 g/mol. The fourth-order valence-electron chi connectivity index (χ4n) is 2.62. The maximum absolute atomic E-state index is 12.7. The van der Waals surface area contributed by atoms with Gasteiger partial charge in [0.05, 0.1) is 5.41 Å². The number of hydrogen-bond donors (Lipinski definition) is 1. The van der Waals surface area contributed by atoms with Crippen molar-refractivity contribution in [2.75, 3.05) is 11.9 Å². The van der Waals surface area contributed by atoms with E-state index in [9.17, 15) is 14.7 Å². The van der Waals surface area contributed by atoms with Crippen LogP contribution in [0.4, 0.5) is 5.69 Å². The van der Waals surface area contributed by atoms with Gasteiger partial charge in [-0.25, -0.2) is 0 Å². The molecule has 0 spiro atoms. The highest BCUT2D eigenvalue weighted by Gasteiger charge is 2.39. The summed E-state index contributed by atoms with van der Waals surface area (Å²) in [4.78, 5) is 25.9. The molecule has 0 bridgehead atoms. The van der Waals surface area contributed by atoms with Crippen LogP contribution in [0.3, 0.4) is 0 Å². The Balaban J connectivity index is 2.32. The summed E-state index contributed by atoms with van der Waals surface area (Å²) >= 11 is 5.86. The van der Waals surface area contributed by atoms with E-state index in [1.165, 1.54) is 11.8 Å². The second-order valence-corrected chi connectivity index (χ2v) is 6.38. The number of aryl methyl sites for hydroxylation is 2. The molecular formula is C17H19ClN2O4. The SMILES string of the molecule is Cc1noc(C)c1N(C)C(=O)CC(C)(C(=O)O)c1ccc(Cl)cc1. The Kier molecular flexibility index (Phi) is 4.99. The molecule has 1 aromatic heterocycles. The molecule has 0 saturated carbocycles. The number of halogens is 1. The molecule has 0 aliphatic carbocycles. The van der Waals surface area contributed by atoms with Gasteiger partial charge >= 0.3 is 5.97 Å². The summed E-state index contributed by atoms with van der Waals surface area (Å²) in [6.07, 6.45) is -0.204. The van der Waals surface area contributed by atoms with E-state index in [-0.39, 0.29) is 12.3 Å². The molecule has 1 N–H and O–H groups in total. The summed E-state index contributed by atoms with van der Waals surface area (Å²) in [6.45, 7) is 4.96. The highest BCUT2D eigenvalue weighted by molar-refractivity contribution is 6.30. The van der Waals surface area contributed by atoms with E-state index in [0.29, 0.717) is 27.7 Å². The van der Waals surface area contributed by atoms with Crippen LogP contribution in [0.15, 0.2) is 28.8 Å². The number of carbonyl (C=O) groups excluding carboxylic acids is 1. The first-order valence-corrected chi connectivity index (χ1v) is 7.73. The van der Waals surface area contributed by atoms with Gasteiger partial charge in [-0.1, -0.05) is 28.9 Å². The summed E-state index contributed by atoms with van der Waals surface area (Å²) in [5.41, 5.74) is 0.283. The lowest BCUT2D eigenvalue weighted by Crippen LogP contribution is -2.40. The maximum atomic E-state index is 12.7. The van der Waals surface area contributed by atoms with Crippen molar-refractivity contribution in [2.45, 2.75) is 32.6 Å². The van der Waals surface area contributed by atoms with E-state index in [2.05, 4.69) is 5.16 Å². The molecule has 128 valence electrons. The van der Waals surface area contributed by atoms with Crippen LogP contribution in [0.1, 0.15) is 30.4 Å². The molecule has 0 radical (unpaired) electrons. The van der Waals surface area contributed by atoms with Crippen LogP contribution in [-0.4, -0.2) is 29.2 Å². The van der Waals surface area contributed by atoms with Crippen LogP contribution in [0.25, 0.3) is 0 Å². The van der Waals surface area contributed by atoms with Gasteiger partial charge < -0.3 is 14.5 Å². The number of anilines is 1. The smallest absolute Gasteiger partial charge is 0.314 e. The molecule has 24 heavy (non-hydrogen) atoms. The lowest BCUT2D eigenvalue weighted by Gasteiger charge is -2.27. The Morgan fingerprint density at radius 3 is 2.33 bits per heavy atom. The molecule has 6 nitrogen and oxygen atoms in total. The van der Waals surface area contributed by atoms with Crippen LogP contribution < -0.4 is 4.90 Å². The molecule has 0 aliphatic heterocycles. The van der Waals surface area contributed by atoms with Gasteiger partial charge in [0, 0.05) is 18.5 Å². The van der Waals surface area contributed by atoms with E-state index >= 15 is 0 Å². The molecular weight excluding hydrogens is 332 g/mol. The number of amides is 1. The van der Waals surface area contributed by atoms with Gasteiger partial charge in [-0.05, 0) is 38.5 Å². The lowest BCUT2D eigenvalue weighted by molar-refractivity contribution is -0.145. The quantitative estimate of drug-likeness (QED) is 0.894. The van der Waals surface area contributed by atoms with Gasteiger partial charge in [-0.15, -0.1) is 0 Å². The van der Waals surface area contributed by atoms with Crippen molar-refractivity contribution in [1.29, 1.82) is 0 Å². The van der Waals surface area contributed by atoms with Crippen molar-refractivity contribution in [3.63, 3.8) is 0 Å². The Labute approximate surface area is 145 Å². The number of nitrogens with zero attached hydrogens (tertiary/aromatic N) is 2. The van der Waals surface area contributed by atoms with Gasteiger partial charge in [0.1, 0.15) is 11.4 Å². The maximum Gasteiger partial charge on any atom is 0.314 e. The normalized spacial score (nSPS) is 13.4. The highest BCUT2D eigenvalue weighted by atomic mass is 35.5. The molecule has 0 fully saturated rings. The van der Waals surface area contributed by atoms with Gasteiger partial charge in [0.15, 0.2) is 5.76 Å². The zero-order chi connectivity index (χ0) is 18.1. The molecule has 2 aromatic rings. The summed E-state index contributed by atoms with van der Waals surface area (Å²) in [5, 5.41) is 14.0. The fourth-order valence-corrected chi connectivity index (χ4v) is 2.75. The van der Waals surface area contributed by atoms with Gasteiger partial charge in [-0.2, -0.15) is 0 Å². The van der Waals surface area contributed by atoms with E-state index in [4.69, 9.17) is 16.1 Å². The minimum absolute atomic E-state index is 0.204. The summed E-state index contributed by atoms with van der Waals surface area (Å²) in [6, 6.07) is 6.47. The van der Waals surface area contributed by atoms with Gasteiger partial charge in [0.2, 0.25) is 5.91 Å². The number of carboxylic acid groups (broad SMARTS) is 1. The van der Waals surface area contributed by atoms with Crippen LogP contribution in [0, 0.1) is 13.8 Å². The first kappa shape index (κ1) is 18.0. The average Bonchev–Trinajstić information content (AvgIpc) is 2.85. The molecule has 1 aromatic carbocycles. The molecule has 7 heteroatoms. The van der Waals surface area contributed by atoms with Gasteiger partial charge in [-0.3, -0.25) is 9.59 Å². The van der Waals surface area contributed by atoms with Crippen LogP contribution in [-0.2, 0) is 15.0 Å². The van der Waals surface area contributed by atoms with Crippen LogP contribution in [0.2, 0.25) is 5.02 Å². The van der Waals surface area contributed by atoms with Crippen molar-refractivity contribution >= 4 is 29.2 Å². The zero-order valence-electron chi connectivity index (χ0n) is 14.0. The zero-order valence-corrected chi connectivity index (χ0v) is 14.7. The molecule has 1 heterocycles. The van der Waals surface area contributed by atoms with E-state index < -0.39 is 11.4 Å². The van der Waals surface area contributed by atoms with Crippen molar-refractivity contribution in [3.05, 3.63) is 46.3 Å². The third kappa shape index (κ3) is 3.28. The monoisotopic (exact) mass is 350 g/mol. The third-order valence-electron chi connectivity index (χ3n) is 4.16. The summed E-state index contributed by atoms with van der Waals surface area (Å²) < 4.78 is 5.07. The predicted molar refractivity (Wildman–Crippen MR) is 90.4 cm³/mol. The Hall–Kier alpha value is -2.34. The molecule has 1 amide bonds. The minimum atomic E-state index is -1.37. The molecule has 2 rings (SSSR count). The number of carboxylic acids is 1. The number of aliphatic carboxylic acids is 1. The minimum Gasteiger partial charge on any atom is -0.481 e. The second kappa shape index (κ2) is 6.65. The van der Waals surface area contributed by atoms with Gasteiger partial charge in [0.25, 0.3) is 0 Å². The molecule has 0 saturated heterocycles. The van der Waals surface area contributed by atoms with Crippen molar-refractivity contribution in [1.82, 2.24) is 5.16 Å². The largest absolute Gasteiger partial charge is 0.481 e. The Bertz CT molecular complexity index is 750. The van der Waals surface area contributed by atoms with Crippen molar-refractivity contribution in [2.24, 2.45) is 0 Å². The summed E-state index contributed by atoms with van der Waals surface area (Å²) in [7, 11) is 1.58. The van der Waals surface area contributed by atoms with E-state index in [1.54, 1.807) is 45.2 Å². The van der Waals surface area contributed by atoms with E-state index in [1.807, 2.05) is 0 Å². The highest BCUT2D eigenvalue weighted by Crippen LogP contribution is 2.32. The predicted octanol–water partition coefficient (Wildman–Crippen LogP) is 3.34. The standard InChI is InChI=1S/C17H19ClN2O4/c1-10-15(11(2)24-19-10)20(4)14(21)9-17(3,16(22)23)12-5-7-13(18)8-6-12/h5-8H,9H2,1-4H3,(H,22,23). The third-order valence-corrected chi connectivity index (χ3v) is 4.42. The molecule has 1 atom stereocenters. The van der Waals surface area contributed by atoms with E-state index in [0.717, 1.165) is 0 Å². The first-order chi connectivity index (χ1) is 11.2. The Morgan fingerprint density at radius 2 is 1.88 bits per heavy atom. The fraction of sp³-hybridized carbons (Fsp3) is 0.353. The number of carbonyl (C=O) groups is 2. The van der Waals surface area contributed by atoms with Crippen molar-refractivity contribution in [3.8, 4) is 0 Å². The number of rotatable bonds is 5. The second-order valence-electron chi connectivity index (χ2n) is 5.95. The van der Waals surface area contributed by atoms with Crippen LogP contribution >= 0.6 is 11.6 Å². The molecule has 1 unspecified atom stereocenters. The molecule has 0 aliphatic rings.